The number of aliphatic hydroxyl groups excluding tert-OH is 1. The van der Waals surface area contributed by atoms with Crippen molar-refractivity contribution in [1.82, 2.24) is 15.0 Å². The molecule has 0 saturated heterocycles. The Balaban J connectivity index is 1.93. The van der Waals surface area contributed by atoms with E-state index in [0.717, 1.165) is 13.0 Å². The molecule has 0 aliphatic carbocycles. The first-order valence-corrected chi connectivity index (χ1v) is 6.28. The van der Waals surface area contributed by atoms with Crippen LogP contribution in [0.4, 0.5) is 0 Å². The minimum absolute atomic E-state index is 0.490. The molecule has 0 fully saturated rings. The molecule has 0 aliphatic heterocycles. The van der Waals surface area contributed by atoms with Gasteiger partial charge in [-0.3, -0.25) is 4.68 Å². The molecule has 0 spiro atoms. The van der Waals surface area contributed by atoms with Crippen LogP contribution in [0.2, 0.25) is 0 Å². The van der Waals surface area contributed by atoms with Gasteiger partial charge >= 0.3 is 0 Å². The number of aliphatic hydroxyl groups is 1. The fraction of sp³-hybridized carbons (Fsp3) is 0.455. The zero-order chi connectivity index (χ0) is 11.4. The average molecular weight is 237 g/mol. The molecule has 2 aromatic heterocycles. The molecular weight excluding hydrogens is 222 g/mol. The summed E-state index contributed by atoms with van der Waals surface area (Å²) in [4.78, 5) is 1.34. The van der Waals surface area contributed by atoms with Gasteiger partial charge < -0.3 is 5.11 Å². The maximum Gasteiger partial charge on any atom is 0.111 e. The van der Waals surface area contributed by atoms with Gasteiger partial charge in [0.2, 0.25) is 0 Å². The molecule has 2 heterocycles. The topological polar surface area (TPSA) is 50.9 Å². The fourth-order valence-corrected chi connectivity index (χ4v) is 2.16. The highest BCUT2D eigenvalue weighted by Crippen LogP contribution is 2.13. The Hall–Kier alpha value is -1.20. The second-order valence-corrected chi connectivity index (χ2v) is 4.69. The van der Waals surface area contributed by atoms with Gasteiger partial charge in [0.1, 0.15) is 5.69 Å². The van der Waals surface area contributed by atoms with Crippen LogP contribution >= 0.6 is 11.3 Å². The minimum atomic E-state index is -0.490. The zero-order valence-electron chi connectivity index (χ0n) is 9.21. The van der Waals surface area contributed by atoms with E-state index < -0.39 is 6.10 Å². The molecule has 2 aromatic rings. The van der Waals surface area contributed by atoms with Crippen molar-refractivity contribution in [3.05, 3.63) is 34.3 Å². The van der Waals surface area contributed by atoms with Crippen LogP contribution in [-0.4, -0.2) is 20.1 Å². The Morgan fingerprint density at radius 1 is 1.56 bits per heavy atom. The molecule has 1 N–H and O–H groups in total. The molecule has 0 saturated carbocycles. The highest BCUT2D eigenvalue weighted by molar-refractivity contribution is 7.09. The van der Waals surface area contributed by atoms with Gasteiger partial charge in [0.05, 0.1) is 12.3 Å². The van der Waals surface area contributed by atoms with Crippen LogP contribution in [0.25, 0.3) is 0 Å². The SMILES string of the molecule is CCC(O)c1cn(CCc2cccs2)nn1. The number of thiophene rings is 1. The van der Waals surface area contributed by atoms with Gasteiger partial charge in [0.15, 0.2) is 0 Å². The smallest absolute Gasteiger partial charge is 0.111 e. The van der Waals surface area contributed by atoms with Gasteiger partial charge in [-0.1, -0.05) is 18.2 Å². The number of nitrogens with zero attached hydrogens (tertiary/aromatic N) is 3. The maximum atomic E-state index is 9.58. The summed E-state index contributed by atoms with van der Waals surface area (Å²) in [6.45, 7) is 2.74. The van der Waals surface area contributed by atoms with E-state index in [9.17, 15) is 5.11 Å². The Bertz CT molecular complexity index is 424. The molecule has 0 aliphatic rings. The summed E-state index contributed by atoms with van der Waals surface area (Å²) >= 11 is 1.75. The summed E-state index contributed by atoms with van der Waals surface area (Å²) in [7, 11) is 0. The van der Waals surface area contributed by atoms with Crippen molar-refractivity contribution in [3.63, 3.8) is 0 Å². The highest BCUT2D eigenvalue weighted by atomic mass is 32.1. The summed E-state index contributed by atoms with van der Waals surface area (Å²) in [6.07, 6.45) is 2.96. The summed E-state index contributed by atoms with van der Waals surface area (Å²) < 4.78 is 1.79. The third-order valence-electron chi connectivity index (χ3n) is 2.45. The Morgan fingerprint density at radius 3 is 3.12 bits per heavy atom. The van der Waals surface area contributed by atoms with Crippen molar-refractivity contribution in [2.75, 3.05) is 0 Å². The zero-order valence-corrected chi connectivity index (χ0v) is 10.0. The third kappa shape index (κ3) is 2.68. The first kappa shape index (κ1) is 11.3. The number of aromatic nitrogens is 3. The van der Waals surface area contributed by atoms with Crippen molar-refractivity contribution in [1.29, 1.82) is 0 Å². The van der Waals surface area contributed by atoms with Gasteiger partial charge in [-0.25, -0.2) is 0 Å². The minimum Gasteiger partial charge on any atom is -0.387 e. The average Bonchev–Trinajstić information content (AvgIpc) is 2.96. The van der Waals surface area contributed by atoms with E-state index in [2.05, 4.69) is 21.8 Å². The van der Waals surface area contributed by atoms with Crippen LogP contribution in [0.3, 0.4) is 0 Å². The normalized spacial score (nSPS) is 12.9. The monoisotopic (exact) mass is 237 g/mol. The molecule has 86 valence electrons. The second kappa shape index (κ2) is 5.23. The van der Waals surface area contributed by atoms with Gasteiger partial charge in [-0.2, -0.15) is 0 Å². The molecule has 0 radical (unpaired) electrons. The Kier molecular flexibility index (Phi) is 3.69. The molecule has 0 amide bonds. The van der Waals surface area contributed by atoms with Crippen molar-refractivity contribution >= 4 is 11.3 Å². The molecule has 1 atom stereocenters. The van der Waals surface area contributed by atoms with E-state index in [4.69, 9.17) is 0 Å². The lowest BCUT2D eigenvalue weighted by Crippen LogP contribution is -2.01. The molecule has 16 heavy (non-hydrogen) atoms. The van der Waals surface area contributed by atoms with Gasteiger partial charge in [0, 0.05) is 17.8 Å². The van der Waals surface area contributed by atoms with Gasteiger partial charge in [-0.05, 0) is 17.9 Å². The third-order valence-corrected chi connectivity index (χ3v) is 3.39. The lowest BCUT2D eigenvalue weighted by Gasteiger charge is -2.00. The summed E-state index contributed by atoms with van der Waals surface area (Å²) in [5.41, 5.74) is 0.661. The summed E-state index contributed by atoms with van der Waals surface area (Å²) in [6, 6.07) is 4.16. The van der Waals surface area contributed by atoms with Crippen molar-refractivity contribution < 1.29 is 5.11 Å². The van der Waals surface area contributed by atoms with Crippen LogP contribution in [0.5, 0.6) is 0 Å². The van der Waals surface area contributed by atoms with Crippen molar-refractivity contribution in [3.8, 4) is 0 Å². The van der Waals surface area contributed by atoms with Crippen LogP contribution in [0.1, 0.15) is 30.0 Å². The lowest BCUT2D eigenvalue weighted by atomic mass is 10.2. The fourth-order valence-electron chi connectivity index (χ4n) is 1.46. The van der Waals surface area contributed by atoms with E-state index in [1.54, 1.807) is 16.0 Å². The van der Waals surface area contributed by atoms with Crippen LogP contribution in [-0.2, 0) is 13.0 Å². The second-order valence-electron chi connectivity index (χ2n) is 3.66. The van der Waals surface area contributed by atoms with Crippen molar-refractivity contribution in [2.24, 2.45) is 0 Å². The van der Waals surface area contributed by atoms with E-state index >= 15 is 0 Å². The molecular formula is C11H15N3OS. The quantitative estimate of drug-likeness (QED) is 0.865. The lowest BCUT2D eigenvalue weighted by molar-refractivity contribution is 0.168. The summed E-state index contributed by atoms with van der Waals surface area (Å²) in [5, 5.41) is 19.6. The van der Waals surface area contributed by atoms with E-state index in [-0.39, 0.29) is 0 Å². The first-order valence-electron chi connectivity index (χ1n) is 5.40. The van der Waals surface area contributed by atoms with E-state index in [1.807, 2.05) is 19.2 Å². The molecule has 2 rings (SSSR count). The van der Waals surface area contributed by atoms with Crippen LogP contribution < -0.4 is 0 Å². The van der Waals surface area contributed by atoms with Crippen molar-refractivity contribution in [2.45, 2.75) is 32.4 Å². The number of aryl methyl sites for hydroxylation is 2. The molecule has 4 nitrogen and oxygen atoms in total. The van der Waals surface area contributed by atoms with Gasteiger partial charge in [-0.15, -0.1) is 16.4 Å². The van der Waals surface area contributed by atoms with E-state index in [1.165, 1.54) is 4.88 Å². The standard InChI is InChI=1S/C11H15N3OS/c1-2-11(15)10-8-14(13-12-10)6-5-9-4-3-7-16-9/h3-4,7-8,11,15H,2,5-6H2,1H3. The Labute approximate surface area is 98.5 Å². The van der Waals surface area contributed by atoms with Crippen LogP contribution in [0.15, 0.2) is 23.7 Å². The highest BCUT2D eigenvalue weighted by Gasteiger charge is 2.09. The van der Waals surface area contributed by atoms with Crippen LogP contribution in [0, 0.1) is 0 Å². The Morgan fingerprint density at radius 2 is 2.44 bits per heavy atom. The molecule has 0 bridgehead atoms. The number of hydrogen-bond acceptors (Lipinski definition) is 4. The molecule has 0 aromatic carbocycles. The predicted octanol–water partition coefficient (Wildman–Crippen LogP) is 2.03. The molecule has 1 unspecified atom stereocenters. The molecule has 5 heteroatoms. The largest absolute Gasteiger partial charge is 0.387 e. The maximum absolute atomic E-state index is 9.58. The number of hydrogen-bond donors (Lipinski definition) is 1. The van der Waals surface area contributed by atoms with Gasteiger partial charge in [0.25, 0.3) is 0 Å². The predicted molar refractivity (Wildman–Crippen MR) is 63.3 cm³/mol. The van der Waals surface area contributed by atoms with E-state index in [0.29, 0.717) is 12.1 Å². The summed E-state index contributed by atoms with van der Waals surface area (Å²) in [5.74, 6) is 0. The number of rotatable bonds is 5. The first-order chi connectivity index (χ1) is 7.79.